The summed E-state index contributed by atoms with van der Waals surface area (Å²) in [6.45, 7) is 3.30. The quantitative estimate of drug-likeness (QED) is 0.776. The van der Waals surface area contributed by atoms with Crippen molar-refractivity contribution in [3.8, 4) is 0 Å². The van der Waals surface area contributed by atoms with Gasteiger partial charge in [0.1, 0.15) is 12.4 Å². The summed E-state index contributed by atoms with van der Waals surface area (Å²) in [5, 5.41) is 0.0301. The third-order valence-corrected chi connectivity index (χ3v) is 5.07. The van der Waals surface area contributed by atoms with E-state index in [2.05, 4.69) is 0 Å². The molecule has 0 saturated carbocycles. The Kier molecular flexibility index (Phi) is 6.11. The van der Waals surface area contributed by atoms with Crippen LogP contribution in [0, 0.1) is 12.7 Å². The van der Waals surface area contributed by atoms with Gasteiger partial charge >= 0.3 is 0 Å². The zero-order chi connectivity index (χ0) is 19.4. The molecule has 0 radical (unpaired) electrons. The Hall–Kier alpha value is -2.40. The highest BCUT2D eigenvalue weighted by Gasteiger charge is 2.26. The number of likely N-dealkylation sites (tertiary alicyclic amines) is 1. The largest absolute Gasteiger partial charge is 0.341 e. The molecule has 3 rings (SSSR count). The normalized spacial score (nSPS) is 14.1. The van der Waals surface area contributed by atoms with Gasteiger partial charge in [-0.1, -0.05) is 29.3 Å². The maximum Gasteiger partial charge on any atom is 0.260 e. The van der Waals surface area contributed by atoms with Gasteiger partial charge in [0.2, 0.25) is 5.91 Å². The molecule has 2 amide bonds. The van der Waals surface area contributed by atoms with Crippen molar-refractivity contribution in [3.63, 3.8) is 0 Å². The Labute approximate surface area is 163 Å². The zero-order valence-electron chi connectivity index (χ0n) is 15.3. The molecule has 142 valence electrons. The summed E-state index contributed by atoms with van der Waals surface area (Å²) in [5.74, 6) is -1.03. The van der Waals surface area contributed by atoms with Crippen molar-refractivity contribution >= 4 is 29.1 Å². The van der Waals surface area contributed by atoms with Crippen molar-refractivity contribution in [1.29, 1.82) is 0 Å². The Morgan fingerprint density at radius 2 is 1.74 bits per heavy atom. The molecule has 0 unspecified atom stereocenters. The molecule has 27 heavy (non-hydrogen) atoms. The fourth-order valence-electron chi connectivity index (χ4n) is 3.19. The van der Waals surface area contributed by atoms with E-state index in [0.717, 1.165) is 30.9 Å². The summed E-state index contributed by atoms with van der Waals surface area (Å²) in [4.78, 5) is 29.1. The molecule has 2 aromatic carbocycles. The number of carbonyl (C=O) groups is 2. The average Bonchev–Trinajstić information content (AvgIpc) is 2.67. The third-order valence-electron chi connectivity index (χ3n) is 4.75. The predicted octanol–water partition coefficient (Wildman–Crippen LogP) is 4.45. The highest BCUT2D eigenvalue weighted by Crippen LogP contribution is 2.24. The van der Waals surface area contributed by atoms with Gasteiger partial charge in [0, 0.05) is 18.8 Å². The van der Waals surface area contributed by atoms with Crippen LogP contribution in [-0.2, 0) is 4.79 Å². The number of hydrogen-bond acceptors (Lipinski definition) is 2. The van der Waals surface area contributed by atoms with Crippen LogP contribution in [0.2, 0.25) is 5.02 Å². The molecule has 0 aliphatic carbocycles. The second-order valence-electron chi connectivity index (χ2n) is 6.79. The Morgan fingerprint density at radius 3 is 2.37 bits per heavy atom. The van der Waals surface area contributed by atoms with Crippen LogP contribution in [0.3, 0.4) is 0 Å². The van der Waals surface area contributed by atoms with E-state index < -0.39 is 11.7 Å². The summed E-state index contributed by atoms with van der Waals surface area (Å²) < 4.78 is 13.4. The summed E-state index contributed by atoms with van der Waals surface area (Å²) >= 11 is 6.08. The first-order chi connectivity index (χ1) is 13.0. The van der Waals surface area contributed by atoms with Crippen molar-refractivity contribution in [2.24, 2.45) is 0 Å². The van der Waals surface area contributed by atoms with E-state index in [0.29, 0.717) is 18.8 Å². The van der Waals surface area contributed by atoms with Crippen LogP contribution < -0.4 is 4.90 Å². The number of piperidine rings is 1. The summed E-state index contributed by atoms with van der Waals surface area (Å²) in [6, 6.07) is 11.0. The minimum atomic E-state index is -0.511. The van der Waals surface area contributed by atoms with Gasteiger partial charge in [-0.15, -0.1) is 0 Å². The number of aryl methyl sites for hydroxylation is 1. The van der Waals surface area contributed by atoms with Gasteiger partial charge in [0.15, 0.2) is 0 Å². The molecule has 4 nitrogen and oxygen atoms in total. The first-order valence-electron chi connectivity index (χ1n) is 9.07. The van der Waals surface area contributed by atoms with Gasteiger partial charge in [0.05, 0.1) is 10.6 Å². The molecule has 0 atom stereocenters. The molecule has 2 aromatic rings. The Bertz CT molecular complexity index is 833. The van der Waals surface area contributed by atoms with Gasteiger partial charge in [0.25, 0.3) is 5.91 Å². The van der Waals surface area contributed by atoms with Crippen molar-refractivity contribution in [1.82, 2.24) is 4.90 Å². The van der Waals surface area contributed by atoms with Gasteiger partial charge in [-0.3, -0.25) is 14.5 Å². The van der Waals surface area contributed by atoms with E-state index in [-0.39, 0.29) is 23.0 Å². The molecule has 1 fully saturated rings. The van der Waals surface area contributed by atoms with E-state index in [1.165, 1.54) is 17.0 Å². The molecular weight excluding hydrogens is 367 g/mol. The number of anilines is 1. The highest BCUT2D eigenvalue weighted by molar-refractivity contribution is 6.34. The van der Waals surface area contributed by atoms with Crippen molar-refractivity contribution in [3.05, 3.63) is 64.4 Å². The predicted molar refractivity (Wildman–Crippen MR) is 105 cm³/mol. The fraction of sp³-hybridized carbons (Fsp3) is 0.333. The van der Waals surface area contributed by atoms with E-state index in [4.69, 9.17) is 11.6 Å². The zero-order valence-corrected chi connectivity index (χ0v) is 16.0. The molecule has 0 spiro atoms. The molecule has 0 bridgehead atoms. The maximum atomic E-state index is 13.4. The lowest BCUT2D eigenvalue weighted by molar-refractivity contribution is -0.130. The first-order valence-corrected chi connectivity index (χ1v) is 9.45. The summed E-state index contributed by atoms with van der Waals surface area (Å²) in [6.07, 6.45) is 3.08. The summed E-state index contributed by atoms with van der Waals surface area (Å²) in [5.41, 5.74) is 1.83. The van der Waals surface area contributed by atoms with E-state index >= 15 is 0 Å². The Morgan fingerprint density at radius 1 is 1.07 bits per heavy atom. The second kappa shape index (κ2) is 8.53. The molecule has 1 aliphatic rings. The standard InChI is InChI=1S/C21H22ClFN2O2/c1-15-5-8-17(9-6-15)25(14-20(26)24-11-3-2-4-12-24)21(27)18-10-7-16(23)13-19(18)22/h5-10,13H,2-4,11-12,14H2,1H3. The number of rotatable bonds is 4. The fourth-order valence-corrected chi connectivity index (χ4v) is 3.44. The van der Waals surface area contributed by atoms with Crippen LogP contribution in [0.5, 0.6) is 0 Å². The molecule has 1 saturated heterocycles. The van der Waals surface area contributed by atoms with Gasteiger partial charge in [-0.05, 0) is 56.5 Å². The lowest BCUT2D eigenvalue weighted by Crippen LogP contribution is -2.45. The minimum absolute atomic E-state index is 0.0301. The number of nitrogens with zero attached hydrogens (tertiary/aromatic N) is 2. The molecule has 1 heterocycles. The van der Waals surface area contributed by atoms with Crippen LogP contribution in [0.15, 0.2) is 42.5 Å². The van der Waals surface area contributed by atoms with Crippen molar-refractivity contribution in [2.45, 2.75) is 26.2 Å². The minimum Gasteiger partial charge on any atom is -0.341 e. The monoisotopic (exact) mass is 388 g/mol. The van der Waals surface area contributed by atoms with E-state index in [1.807, 2.05) is 19.1 Å². The van der Waals surface area contributed by atoms with Crippen LogP contribution >= 0.6 is 11.6 Å². The average molecular weight is 389 g/mol. The Balaban J connectivity index is 1.90. The smallest absolute Gasteiger partial charge is 0.260 e. The van der Waals surface area contributed by atoms with Gasteiger partial charge in [-0.25, -0.2) is 4.39 Å². The van der Waals surface area contributed by atoms with Crippen LogP contribution in [0.25, 0.3) is 0 Å². The maximum absolute atomic E-state index is 13.4. The summed E-state index contributed by atoms with van der Waals surface area (Å²) in [7, 11) is 0. The first kappa shape index (κ1) is 19.4. The third kappa shape index (κ3) is 4.66. The van der Waals surface area contributed by atoms with E-state index in [9.17, 15) is 14.0 Å². The van der Waals surface area contributed by atoms with Crippen LogP contribution in [0.1, 0.15) is 35.2 Å². The molecule has 0 aromatic heterocycles. The lowest BCUT2D eigenvalue weighted by Gasteiger charge is -2.30. The SMILES string of the molecule is Cc1ccc(N(CC(=O)N2CCCCC2)C(=O)c2ccc(F)cc2Cl)cc1. The number of hydrogen-bond donors (Lipinski definition) is 0. The molecule has 6 heteroatoms. The highest BCUT2D eigenvalue weighted by atomic mass is 35.5. The van der Waals surface area contributed by atoms with Crippen LogP contribution in [-0.4, -0.2) is 36.3 Å². The number of amides is 2. The number of halogens is 2. The van der Waals surface area contributed by atoms with Gasteiger partial charge < -0.3 is 4.90 Å². The molecule has 0 N–H and O–H groups in total. The van der Waals surface area contributed by atoms with Crippen LogP contribution in [0.4, 0.5) is 10.1 Å². The molecule has 1 aliphatic heterocycles. The van der Waals surface area contributed by atoms with Gasteiger partial charge in [-0.2, -0.15) is 0 Å². The molecular formula is C21H22ClFN2O2. The second-order valence-corrected chi connectivity index (χ2v) is 7.20. The number of benzene rings is 2. The number of carbonyl (C=O) groups excluding carboxylic acids is 2. The van der Waals surface area contributed by atoms with E-state index in [1.54, 1.807) is 17.0 Å². The van der Waals surface area contributed by atoms with Crippen molar-refractivity contribution in [2.75, 3.05) is 24.5 Å². The lowest BCUT2D eigenvalue weighted by atomic mass is 10.1. The van der Waals surface area contributed by atoms with Crippen molar-refractivity contribution < 1.29 is 14.0 Å². The topological polar surface area (TPSA) is 40.6 Å².